The molecule has 0 aliphatic heterocycles. The quantitative estimate of drug-likeness (QED) is 0.117. The summed E-state index contributed by atoms with van der Waals surface area (Å²) in [6.45, 7) is 9.93. The number of nitrogens with zero attached hydrogens (tertiary/aromatic N) is 8. The van der Waals surface area contributed by atoms with E-state index in [0.29, 0.717) is 44.0 Å². The minimum atomic E-state index is -0.405. The summed E-state index contributed by atoms with van der Waals surface area (Å²) in [5, 5.41) is 43.8. The van der Waals surface area contributed by atoms with Gasteiger partial charge in [-0.2, -0.15) is 29.8 Å². The molecule has 0 N–H and O–H groups in total. The number of halogens is 6. The number of fused-ring (bicyclic) bond motifs is 16. The van der Waals surface area contributed by atoms with Crippen molar-refractivity contribution in [3.05, 3.63) is 109 Å². The number of nitriles is 4. The molecule has 0 fully saturated rings. The lowest BCUT2D eigenvalue weighted by molar-refractivity contribution is 0.103. The Morgan fingerprint density at radius 2 is 0.890 bits per heavy atom. The summed E-state index contributed by atoms with van der Waals surface area (Å²) in [6, 6.07) is 13.8. The highest BCUT2D eigenvalue weighted by atomic mass is 35.5. The third-order valence-electron chi connectivity index (χ3n) is 12.9. The van der Waals surface area contributed by atoms with E-state index in [1.54, 1.807) is 34.8 Å². The summed E-state index contributed by atoms with van der Waals surface area (Å²) in [6.07, 6.45) is 3.32. The number of carbonyl (C=O) groups is 2. The fraction of sp³-hybridized carbons (Fsp3) is 0.154. The van der Waals surface area contributed by atoms with Gasteiger partial charge in [0.2, 0.25) is 0 Å². The Kier molecular flexibility index (Phi) is 11.6. The van der Waals surface area contributed by atoms with Crippen LogP contribution in [0.25, 0.3) is 95.4 Å². The van der Waals surface area contributed by atoms with Crippen LogP contribution in [0, 0.1) is 57.2 Å². The smallest absolute Gasteiger partial charge is 0.194 e. The van der Waals surface area contributed by atoms with E-state index in [-0.39, 0.29) is 76.5 Å². The van der Waals surface area contributed by atoms with Crippen molar-refractivity contribution < 1.29 is 9.59 Å². The van der Waals surface area contributed by atoms with Gasteiger partial charge in [-0.1, -0.05) is 97.3 Å². The molecule has 0 amide bonds. The molecule has 0 spiro atoms. The lowest BCUT2D eigenvalue weighted by Crippen LogP contribution is -2.07. The molecule has 0 atom stereocenters. The maximum atomic E-state index is 14.1. The second-order valence-electron chi connectivity index (χ2n) is 18.2. The highest BCUT2D eigenvalue weighted by molar-refractivity contribution is 7.35. The van der Waals surface area contributed by atoms with Crippen LogP contribution in [0.4, 0.5) is 0 Å². The fourth-order valence-corrected chi connectivity index (χ4v) is 17.6. The van der Waals surface area contributed by atoms with Gasteiger partial charge in [-0.25, -0.2) is 0 Å². The van der Waals surface area contributed by atoms with Crippen molar-refractivity contribution >= 4 is 234 Å². The molecule has 0 bridgehead atoms. The summed E-state index contributed by atoms with van der Waals surface area (Å²) < 4.78 is 20.2. The number of hydrogen-bond donors (Lipinski definition) is 0. The van der Waals surface area contributed by atoms with Crippen LogP contribution in [-0.4, -0.2) is 29.4 Å². The minimum absolute atomic E-state index is 0.143. The SMILES string of the molecule is CC(C)Cn1c2c3sc(/C=C4\C(=O)c5cc(Cl)c(Cl)cc5C4=C(C#N)C#N)c(Cl)c3sc2c2c3nsnc3c3c4sc5c(Cl)c(/C=C6\C(=O)c7cc(Cl)c(Cl)cc7C6=C(C#N)C#N)sc5c4n(CC(C)C)c3c21. The normalized spacial score (nSPS) is 14.8. The number of rotatable bonds is 6. The molecule has 12 rings (SSSR count). The van der Waals surface area contributed by atoms with Crippen molar-refractivity contribution in [2.24, 2.45) is 11.8 Å². The number of ketones is 2. The molecule has 7 aromatic heterocycles. The summed E-state index contributed by atoms with van der Waals surface area (Å²) in [5.74, 6) is -0.436. The van der Waals surface area contributed by atoms with Crippen molar-refractivity contribution in [1.29, 1.82) is 21.0 Å². The molecule has 356 valence electrons. The molecular formula is C52H24Cl6N8O2S5. The Labute approximate surface area is 463 Å². The van der Waals surface area contributed by atoms with Gasteiger partial charge in [0.1, 0.15) is 46.5 Å². The van der Waals surface area contributed by atoms with E-state index in [1.807, 2.05) is 24.3 Å². The van der Waals surface area contributed by atoms with Crippen molar-refractivity contribution in [1.82, 2.24) is 17.9 Å². The Balaban J connectivity index is 1.13. The second kappa shape index (κ2) is 17.5. The zero-order valence-corrected chi connectivity index (χ0v) is 46.4. The van der Waals surface area contributed by atoms with E-state index in [4.69, 9.17) is 78.4 Å². The van der Waals surface area contributed by atoms with Gasteiger partial charge in [0, 0.05) is 67.0 Å². The van der Waals surface area contributed by atoms with Crippen molar-refractivity contribution in [3.63, 3.8) is 0 Å². The summed E-state index contributed by atoms with van der Waals surface area (Å²) in [5.41, 5.74) is 6.78. The average molecular weight is 1170 g/mol. The third-order valence-corrected chi connectivity index (χ3v) is 21.1. The van der Waals surface area contributed by atoms with Gasteiger partial charge in [-0.15, -0.1) is 45.3 Å². The van der Waals surface area contributed by atoms with Gasteiger partial charge in [-0.05, 0) is 59.4 Å². The van der Waals surface area contributed by atoms with E-state index in [0.717, 1.165) is 83.8 Å². The van der Waals surface area contributed by atoms with E-state index in [9.17, 15) is 30.6 Å². The number of thiophene rings is 4. The molecule has 10 aromatic rings. The van der Waals surface area contributed by atoms with E-state index in [1.165, 1.54) is 46.9 Å². The van der Waals surface area contributed by atoms with Gasteiger partial charge in [-0.3, -0.25) is 9.59 Å². The fourth-order valence-electron chi connectivity index (χ4n) is 10.1. The summed E-state index contributed by atoms with van der Waals surface area (Å²) in [7, 11) is 0. The lowest BCUT2D eigenvalue weighted by Gasteiger charge is -2.15. The number of aromatic nitrogens is 4. The third kappa shape index (κ3) is 6.86. The van der Waals surface area contributed by atoms with E-state index < -0.39 is 11.6 Å². The lowest BCUT2D eigenvalue weighted by atomic mass is 9.99. The zero-order chi connectivity index (χ0) is 51.4. The zero-order valence-electron chi connectivity index (χ0n) is 37.7. The minimum Gasteiger partial charge on any atom is -0.337 e. The number of hydrogen-bond acceptors (Lipinski definition) is 13. The van der Waals surface area contributed by atoms with Crippen LogP contribution in [0.5, 0.6) is 0 Å². The topological polar surface area (TPSA) is 165 Å². The van der Waals surface area contributed by atoms with Gasteiger partial charge in [0.05, 0.1) is 92.1 Å². The molecular weight excluding hydrogens is 1140 g/mol. The monoisotopic (exact) mass is 1160 g/mol. The second-order valence-corrected chi connectivity index (χ2v) is 25.3. The Bertz CT molecular complexity index is 4310. The largest absolute Gasteiger partial charge is 0.337 e. The molecule has 3 aromatic carbocycles. The number of carbonyl (C=O) groups excluding carboxylic acids is 2. The molecule has 0 unspecified atom stereocenters. The van der Waals surface area contributed by atoms with Crippen molar-refractivity contribution in [3.8, 4) is 24.3 Å². The van der Waals surface area contributed by atoms with Gasteiger partial charge >= 0.3 is 0 Å². The standard InChI is InChI=1S/C52H24Cl6N8O2S5/c1-17(2)15-65-41-35(47-43(65)51-49(71-47)37(57)31(69-51)9-25-33(19(11-59)12-60)21-5-27(53)29(55)7-23(21)45(25)67)39-40(64-73-63-39)36-42(41)66(16-18(3)4)44-48(36)72-50-38(58)32(70-52(44)50)10-26-34(20(13-61)14-62)22-6-28(54)30(56)8-24(22)46(26)68/h5-10,17-18H,15-16H2,1-4H3/b25-9-,26-10-. The molecule has 73 heavy (non-hydrogen) atoms. The van der Waals surface area contributed by atoms with Crippen LogP contribution in [0.2, 0.25) is 30.1 Å². The summed E-state index contributed by atoms with van der Waals surface area (Å²) in [4.78, 5) is 29.5. The van der Waals surface area contributed by atoms with Crippen molar-refractivity contribution in [2.75, 3.05) is 0 Å². The molecule has 0 saturated heterocycles. The molecule has 2 aliphatic rings. The molecule has 10 nitrogen and oxygen atoms in total. The first-order chi connectivity index (χ1) is 35.0. The van der Waals surface area contributed by atoms with Crippen LogP contribution in [0.3, 0.4) is 0 Å². The Hall–Kier alpha value is -5.60. The molecule has 0 saturated carbocycles. The van der Waals surface area contributed by atoms with Crippen LogP contribution >= 0.6 is 127 Å². The number of benzene rings is 3. The number of Topliss-reactive ketones (excluding diaryl/α,β-unsaturated/α-hetero) is 2. The van der Waals surface area contributed by atoms with Crippen LogP contribution < -0.4 is 0 Å². The van der Waals surface area contributed by atoms with Crippen LogP contribution in [-0.2, 0) is 13.1 Å². The van der Waals surface area contributed by atoms with E-state index >= 15 is 0 Å². The first-order valence-electron chi connectivity index (χ1n) is 22.0. The molecule has 2 aliphatic carbocycles. The molecule has 21 heteroatoms. The highest BCUT2D eigenvalue weighted by Crippen LogP contribution is 2.57. The van der Waals surface area contributed by atoms with Crippen LogP contribution in [0.1, 0.15) is 69.3 Å². The van der Waals surface area contributed by atoms with Gasteiger partial charge < -0.3 is 9.13 Å². The Morgan fingerprint density at radius 1 is 0.534 bits per heavy atom. The van der Waals surface area contributed by atoms with Crippen LogP contribution in [0.15, 0.2) is 46.6 Å². The highest BCUT2D eigenvalue weighted by Gasteiger charge is 2.37. The Morgan fingerprint density at radius 3 is 1.23 bits per heavy atom. The van der Waals surface area contributed by atoms with Crippen molar-refractivity contribution in [2.45, 2.75) is 40.8 Å². The number of allylic oxidation sites excluding steroid dienone is 6. The predicted molar refractivity (Wildman–Crippen MR) is 303 cm³/mol. The van der Waals surface area contributed by atoms with Gasteiger partial charge in [0.15, 0.2) is 11.6 Å². The summed E-state index contributed by atoms with van der Waals surface area (Å²) >= 11 is 47.4. The van der Waals surface area contributed by atoms with E-state index in [2.05, 4.69) is 36.8 Å². The molecule has 0 radical (unpaired) electrons. The maximum absolute atomic E-state index is 14.1. The first kappa shape index (κ1) is 48.3. The molecule has 7 heterocycles. The first-order valence-corrected chi connectivity index (χ1v) is 28.3. The maximum Gasteiger partial charge on any atom is 0.194 e. The average Bonchev–Trinajstić information content (AvgIpc) is 4.25. The van der Waals surface area contributed by atoms with Gasteiger partial charge in [0.25, 0.3) is 0 Å². The predicted octanol–water partition coefficient (Wildman–Crippen LogP) is 17.9.